The van der Waals surface area contributed by atoms with Crippen LogP contribution in [0.25, 0.3) is 0 Å². The standard InChI is InChI=1S/C14H9BrCl2N2/c15-12-5-4-9(6-13(12)17)14(8-18)19-11-3-1-2-10(16)7-11/h1-7,14,19H. The Morgan fingerprint density at radius 1 is 1.16 bits per heavy atom. The SMILES string of the molecule is N#CC(Nc1cccc(Cl)c1)c1ccc(Br)c(Cl)c1. The highest BCUT2D eigenvalue weighted by Gasteiger charge is 2.12. The first kappa shape index (κ1) is 14.2. The first-order valence-electron chi connectivity index (χ1n) is 5.47. The summed E-state index contributed by atoms with van der Waals surface area (Å²) in [5.74, 6) is 0. The predicted molar refractivity (Wildman–Crippen MR) is 82.6 cm³/mol. The molecule has 0 fully saturated rings. The summed E-state index contributed by atoms with van der Waals surface area (Å²) in [5, 5.41) is 13.6. The van der Waals surface area contributed by atoms with Crippen molar-refractivity contribution in [3.63, 3.8) is 0 Å². The Morgan fingerprint density at radius 2 is 1.95 bits per heavy atom. The Bertz CT molecular complexity index is 638. The van der Waals surface area contributed by atoms with Gasteiger partial charge in [0.25, 0.3) is 0 Å². The van der Waals surface area contributed by atoms with E-state index in [1.54, 1.807) is 18.2 Å². The summed E-state index contributed by atoms with van der Waals surface area (Å²) in [6, 6.07) is 14.4. The third-order valence-corrected chi connectivity index (χ3v) is 4.01. The molecule has 0 saturated carbocycles. The van der Waals surface area contributed by atoms with Crippen molar-refractivity contribution in [2.45, 2.75) is 6.04 Å². The Labute approximate surface area is 130 Å². The van der Waals surface area contributed by atoms with E-state index in [1.165, 1.54) is 0 Å². The van der Waals surface area contributed by atoms with Crippen molar-refractivity contribution >= 4 is 44.8 Å². The van der Waals surface area contributed by atoms with Crippen molar-refractivity contribution in [1.82, 2.24) is 0 Å². The van der Waals surface area contributed by atoms with Crippen molar-refractivity contribution in [2.24, 2.45) is 0 Å². The second-order valence-corrected chi connectivity index (χ2v) is 5.59. The van der Waals surface area contributed by atoms with Crippen LogP contribution in [0.2, 0.25) is 10.0 Å². The monoisotopic (exact) mass is 354 g/mol. The molecule has 2 aromatic rings. The maximum atomic E-state index is 9.27. The fourth-order valence-corrected chi connectivity index (χ4v) is 2.25. The number of hydrogen-bond acceptors (Lipinski definition) is 2. The molecular formula is C14H9BrCl2N2. The van der Waals surface area contributed by atoms with Gasteiger partial charge in [-0.3, -0.25) is 0 Å². The van der Waals surface area contributed by atoms with Crippen LogP contribution in [0.15, 0.2) is 46.9 Å². The molecule has 0 aliphatic heterocycles. The summed E-state index contributed by atoms with van der Waals surface area (Å²) in [4.78, 5) is 0. The van der Waals surface area contributed by atoms with E-state index in [9.17, 15) is 5.26 Å². The normalized spacial score (nSPS) is 11.7. The summed E-state index contributed by atoms with van der Waals surface area (Å²) in [6.45, 7) is 0. The minimum Gasteiger partial charge on any atom is -0.366 e. The number of nitrogens with one attached hydrogen (secondary N) is 1. The van der Waals surface area contributed by atoms with Gasteiger partial charge in [0.15, 0.2) is 0 Å². The van der Waals surface area contributed by atoms with Crippen LogP contribution in [-0.2, 0) is 0 Å². The van der Waals surface area contributed by atoms with E-state index in [-0.39, 0.29) is 0 Å². The van der Waals surface area contributed by atoms with E-state index in [0.717, 1.165) is 15.7 Å². The lowest BCUT2D eigenvalue weighted by molar-refractivity contribution is 0.997. The van der Waals surface area contributed by atoms with Gasteiger partial charge in [0.1, 0.15) is 6.04 Å². The number of halogens is 3. The van der Waals surface area contributed by atoms with E-state index in [4.69, 9.17) is 23.2 Å². The zero-order valence-electron chi connectivity index (χ0n) is 9.70. The molecule has 19 heavy (non-hydrogen) atoms. The van der Waals surface area contributed by atoms with E-state index < -0.39 is 6.04 Å². The van der Waals surface area contributed by atoms with Crippen LogP contribution in [0.1, 0.15) is 11.6 Å². The molecule has 1 atom stereocenters. The molecule has 0 saturated heterocycles. The molecule has 5 heteroatoms. The first-order valence-corrected chi connectivity index (χ1v) is 7.01. The number of anilines is 1. The molecular weight excluding hydrogens is 347 g/mol. The number of nitrogens with zero attached hydrogens (tertiary/aromatic N) is 1. The fraction of sp³-hybridized carbons (Fsp3) is 0.0714. The van der Waals surface area contributed by atoms with Gasteiger partial charge in [-0.25, -0.2) is 0 Å². The van der Waals surface area contributed by atoms with E-state index >= 15 is 0 Å². The maximum Gasteiger partial charge on any atom is 0.140 e. The topological polar surface area (TPSA) is 35.8 Å². The van der Waals surface area contributed by atoms with Crippen LogP contribution in [0.3, 0.4) is 0 Å². The van der Waals surface area contributed by atoms with Gasteiger partial charge in [-0.1, -0.05) is 35.3 Å². The highest BCUT2D eigenvalue weighted by Crippen LogP contribution is 2.28. The third-order valence-electron chi connectivity index (χ3n) is 2.54. The molecule has 0 aromatic heterocycles. The molecule has 0 spiro atoms. The minimum absolute atomic E-state index is 0.482. The van der Waals surface area contributed by atoms with E-state index in [2.05, 4.69) is 27.3 Å². The molecule has 2 nitrogen and oxygen atoms in total. The molecule has 2 aromatic carbocycles. The number of rotatable bonds is 3. The quantitative estimate of drug-likeness (QED) is 0.796. The smallest absolute Gasteiger partial charge is 0.140 e. The van der Waals surface area contributed by atoms with Gasteiger partial charge in [-0.2, -0.15) is 5.26 Å². The Morgan fingerprint density at radius 3 is 2.58 bits per heavy atom. The van der Waals surface area contributed by atoms with Crippen molar-refractivity contribution in [3.05, 3.63) is 62.5 Å². The molecule has 0 aliphatic rings. The van der Waals surface area contributed by atoms with Crippen LogP contribution in [0, 0.1) is 11.3 Å². The lowest BCUT2D eigenvalue weighted by Gasteiger charge is -2.14. The first-order chi connectivity index (χ1) is 9.10. The minimum atomic E-state index is -0.482. The van der Waals surface area contributed by atoms with Crippen molar-refractivity contribution < 1.29 is 0 Å². The van der Waals surface area contributed by atoms with Crippen LogP contribution >= 0.6 is 39.1 Å². The number of benzene rings is 2. The average Bonchev–Trinajstić information content (AvgIpc) is 2.39. The highest BCUT2D eigenvalue weighted by atomic mass is 79.9. The molecule has 1 N–H and O–H groups in total. The van der Waals surface area contributed by atoms with Crippen LogP contribution < -0.4 is 5.32 Å². The molecule has 2 rings (SSSR count). The van der Waals surface area contributed by atoms with Gasteiger partial charge in [0.2, 0.25) is 0 Å². The summed E-state index contributed by atoms with van der Waals surface area (Å²) in [7, 11) is 0. The van der Waals surface area contributed by atoms with Gasteiger partial charge < -0.3 is 5.32 Å². The molecule has 0 aliphatic carbocycles. The van der Waals surface area contributed by atoms with Crippen LogP contribution in [0.5, 0.6) is 0 Å². The van der Waals surface area contributed by atoms with Gasteiger partial charge >= 0.3 is 0 Å². The third kappa shape index (κ3) is 3.63. The second-order valence-electron chi connectivity index (χ2n) is 3.89. The van der Waals surface area contributed by atoms with Gasteiger partial charge in [0.05, 0.1) is 11.1 Å². The van der Waals surface area contributed by atoms with Crippen LogP contribution in [0.4, 0.5) is 5.69 Å². The highest BCUT2D eigenvalue weighted by molar-refractivity contribution is 9.10. The lowest BCUT2D eigenvalue weighted by Crippen LogP contribution is -2.08. The Hall–Kier alpha value is -1.21. The largest absolute Gasteiger partial charge is 0.366 e. The van der Waals surface area contributed by atoms with Crippen LogP contribution in [-0.4, -0.2) is 0 Å². The van der Waals surface area contributed by atoms with Gasteiger partial charge in [-0.15, -0.1) is 0 Å². The second kappa shape index (κ2) is 6.29. The summed E-state index contributed by atoms with van der Waals surface area (Å²) < 4.78 is 0.803. The summed E-state index contributed by atoms with van der Waals surface area (Å²) >= 11 is 15.3. The van der Waals surface area contributed by atoms with E-state index in [1.807, 2.05) is 24.3 Å². The van der Waals surface area contributed by atoms with Crippen molar-refractivity contribution in [2.75, 3.05) is 5.32 Å². The van der Waals surface area contributed by atoms with E-state index in [0.29, 0.717) is 10.0 Å². The zero-order valence-corrected chi connectivity index (χ0v) is 12.8. The number of hydrogen-bond donors (Lipinski definition) is 1. The van der Waals surface area contributed by atoms with Crippen molar-refractivity contribution in [1.29, 1.82) is 5.26 Å². The molecule has 1 unspecified atom stereocenters. The molecule has 0 bridgehead atoms. The van der Waals surface area contributed by atoms with Crippen molar-refractivity contribution in [3.8, 4) is 6.07 Å². The summed E-state index contributed by atoms with van der Waals surface area (Å²) in [5.41, 5.74) is 1.59. The van der Waals surface area contributed by atoms with Gasteiger partial charge in [-0.05, 0) is 51.8 Å². The zero-order chi connectivity index (χ0) is 13.8. The predicted octanol–water partition coefficient (Wildman–Crippen LogP) is 5.43. The Balaban J connectivity index is 2.25. The lowest BCUT2D eigenvalue weighted by atomic mass is 10.1. The molecule has 96 valence electrons. The Kier molecular flexibility index (Phi) is 4.71. The average molecular weight is 356 g/mol. The summed E-state index contributed by atoms with van der Waals surface area (Å²) in [6.07, 6.45) is 0. The maximum absolute atomic E-state index is 9.27. The fourth-order valence-electron chi connectivity index (χ4n) is 1.63. The molecule has 0 heterocycles. The molecule has 0 radical (unpaired) electrons. The van der Waals surface area contributed by atoms with Gasteiger partial charge in [0, 0.05) is 15.2 Å². The molecule has 0 amide bonds. The number of nitriles is 1.